The summed E-state index contributed by atoms with van der Waals surface area (Å²) in [5.74, 6) is 0.454. The van der Waals surface area contributed by atoms with Gasteiger partial charge in [-0.2, -0.15) is 0 Å². The Hall–Kier alpha value is -2.36. The Morgan fingerprint density at radius 1 is 1.21 bits per heavy atom. The quantitative estimate of drug-likeness (QED) is 0.385. The molecule has 2 rings (SSSR count). The van der Waals surface area contributed by atoms with E-state index >= 15 is 0 Å². The number of ether oxygens (including phenoxy) is 4. The van der Waals surface area contributed by atoms with E-state index in [1.807, 2.05) is 31.2 Å². The van der Waals surface area contributed by atoms with Crippen LogP contribution >= 0.6 is 0 Å². The Balaban J connectivity index is 2.31. The van der Waals surface area contributed by atoms with Crippen LogP contribution in [-0.2, 0) is 25.4 Å². The summed E-state index contributed by atoms with van der Waals surface area (Å²) in [6, 6.07) is 5.63. The summed E-state index contributed by atoms with van der Waals surface area (Å²) >= 11 is 0. The summed E-state index contributed by atoms with van der Waals surface area (Å²) < 4.78 is 23.6. The zero-order chi connectivity index (χ0) is 29.4. The minimum atomic E-state index is -1.14. The van der Waals surface area contributed by atoms with Crippen molar-refractivity contribution in [3.05, 3.63) is 29.8 Å². The van der Waals surface area contributed by atoms with Gasteiger partial charge in [0.15, 0.2) is 6.29 Å². The number of hydrogen-bond donors (Lipinski definition) is 2. The van der Waals surface area contributed by atoms with Crippen LogP contribution in [0.15, 0.2) is 24.3 Å². The van der Waals surface area contributed by atoms with Crippen molar-refractivity contribution in [3.63, 3.8) is 0 Å². The van der Waals surface area contributed by atoms with Gasteiger partial charge in [-0.3, -0.25) is 9.69 Å². The number of rotatable bonds is 11. The van der Waals surface area contributed by atoms with E-state index in [1.54, 1.807) is 20.8 Å². The van der Waals surface area contributed by atoms with Crippen molar-refractivity contribution < 1.29 is 33.6 Å². The highest BCUT2D eigenvalue weighted by molar-refractivity contribution is 5.73. The molecule has 1 fully saturated rings. The van der Waals surface area contributed by atoms with Gasteiger partial charge in [-0.1, -0.05) is 46.2 Å². The predicted octanol–water partition coefficient (Wildman–Crippen LogP) is 4.69. The van der Waals surface area contributed by atoms with E-state index in [1.165, 1.54) is 11.8 Å². The second kappa shape index (κ2) is 14.3. The molecule has 0 aromatic heterocycles. The molecule has 9 heteroatoms. The molecule has 5 atom stereocenters. The number of carbonyl (C=O) groups excluding carboxylic acids is 2. The minimum Gasteiger partial charge on any atom is -0.494 e. The lowest BCUT2D eigenvalue weighted by Crippen LogP contribution is -2.66. The highest BCUT2D eigenvalue weighted by atomic mass is 16.7. The molecule has 0 saturated carbocycles. The van der Waals surface area contributed by atoms with E-state index in [-0.39, 0.29) is 17.9 Å². The Morgan fingerprint density at radius 2 is 1.90 bits per heavy atom. The third kappa shape index (κ3) is 11.0. The van der Waals surface area contributed by atoms with Gasteiger partial charge in [-0.15, -0.1) is 0 Å². The van der Waals surface area contributed by atoms with E-state index in [9.17, 15) is 14.7 Å². The van der Waals surface area contributed by atoms with Crippen molar-refractivity contribution >= 4 is 12.0 Å². The highest BCUT2D eigenvalue weighted by Gasteiger charge is 2.46. The number of unbranched alkanes of at least 4 members (excludes halogenated alkanes) is 1. The maximum atomic E-state index is 13.4. The fourth-order valence-corrected chi connectivity index (χ4v) is 4.38. The van der Waals surface area contributed by atoms with Crippen LogP contribution in [0.3, 0.4) is 0 Å². The molecule has 5 unspecified atom stereocenters. The third-order valence-electron chi connectivity index (χ3n) is 6.22. The molecular weight excluding hydrogens is 500 g/mol. The summed E-state index contributed by atoms with van der Waals surface area (Å²) in [6.45, 7) is 18.0. The summed E-state index contributed by atoms with van der Waals surface area (Å²) in [5.41, 5.74) is 0.0603. The highest BCUT2D eigenvalue weighted by Crippen LogP contribution is 2.28. The van der Waals surface area contributed by atoms with Crippen LogP contribution in [-0.4, -0.2) is 77.9 Å². The first-order valence-corrected chi connectivity index (χ1v) is 14.0. The molecule has 1 aliphatic rings. The van der Waals surface area contributed by atoms with E-state index in [0.717, 1.165) is 24.2 Å². The first-order valence-electron chi connectivity index (χ1n) is 14.0. The predicted molar refractivity (Wildman–Crippen MR) is 151 cm³/mol. The lowest BCUT2D eigenvalue weighted by molar-refractivity contribution is -0.233. The second-order valence-electron chi connectivity index (χ2n) is 12.6. The van der Waals surface area contributed by atoms with Gasteiger partial charge in [-0.05, 0) is 63.6 Å². The van der Waals surface area contributed by atoms with Gasteiger partial charge in [-0.25, -0.2) is 4.79 Å². The van der Waals surface area contributed by atoms with Gasteiger partial charge in [0.05, 0.1) is 44.1 Å². The van der Waals surface area contributed by atoms with Crippen LogP contribution in [0.25, 0.3) is 0 Å². The van der Waals surface area contributed by atoms with Crippen LogP contribution in [0, 0.1) is 5.41 Å². The fraction of sp³-hybridized carbons (Fsp3) is 0.733. The van der Waals surface area contributed by atoms with E-state index < -0.39 is 42.2 Å². The molecule has 1 saturated heterocycles. The van der Waals surface area contributed by atoms with Crippen LogP contribution in [0.4, 0.5) is 4.79 Å². The van der Waals surface area contributed by atoms with Crippen LogP contribution in [0.2, 0.25) is 0 Å². The summed E-state index contributed by atoms with van der Waals surface area (Å²) in [6.07, 6.45) is -0.0663. The van der Waals surface area contributed by atoms with Crippen LogP contribution in [0.1, 0.15) is 80.7 Å². The minimum absolute atomic E-state index is 0.0236. The molecule has 1 heterocycles. The van der Waals surface area contributed by atoms with Crippen molar-refractivity contribution in [2.24, 2.45) is 5.41 Å². The summed E-state index contributed by atoms with van der Waals surface area (Å²) in [4.78, 5) is 27.1. The third-order valence-corrected chi connectivity index (χ3v) is 6.22. The van der Waals surface area contributed by atoms with Crippen LogP contribution < -0.4 is 10.1 Å². The smallest absolute Gasteiger partial charge is 0.411 e. The number of carbonyl (C=O) groups is 2. The van der Waals surface area contributed by atoms with Gasteiger partial charge in [0.1, 0.15) is 11.4 Å². The molecule has 0 radical (unpaired) electrons. The lowest BCUT2D eigenvalue weighted by Gasteiger charge is -2.47. The number of aliphatic hydroxyl groups is 1. The van der Waals surface area contributed by atoms with Crippen molar-refractivity contribution in [2.45, 2.75) is 118 Å². The van der Waals surface area contributed by atoms with Gasteiger partial charge >= 0.3 is 6.09 Å². The lowest BCUT2D eigenvalue weighted by atomic mass is 9.94. The SMILES string of the molecule is CCCCOc1cccc(CC(NC(C)=O)C(O)C2COC(OCC(C)(C)C)C(C)N2C(=O)OC(C)(C)C)c1. The maximum Gasteiger partial charge on any atom is 0.411 e. The Bertz CT molecular complexity index is 925. The van der Waals surface area contributed by atoms with Crippen molar-refractivity contribution in [3.8, 4) is 5.75 Å². The fourth-order valence-electron chi connectivity index (χ4n) is 4.38. The Labute approximate surface area is 234 Å². The Morgan fingerprint density at radius 3 is 2.49 bits per heavy atom. The molecule has 0 spiro atoms. The molecule has 2 N–H and O–H groups in total. The number of nitrogens with zero attached hydrogens (tertiary/aromatic N) is 1. The molecule has 1 aromatic carbocycles. The molecule has 0 bridgehead atoms. The molecular formula is C30H50N2O7. The summed E-state index contributed by atoms with van der Waals surface area (Å²) in [5, 5.41) is 14.5. The zero-order valence-electron chi connectivity index (χ0n) is 25.3. The van der Waals surface area contributed by atoms with Crippen molar-refractivity contribution in [1.82, 2.24) is 10.2 Å². The molecule has 9 nitrogen and oxygen atoms in total. The Kier molecular flexibility index (Phi) is 12.1. The number of morpholine rings is 1. The van der Waals surface area contributed by atoms with Gasteiger partial charge in [0.2, 0.25) is 5.91 Å². The molecule has 222 valence electrons. The topological polar surface area (TPSA) is 107 Å². The number of benzene rings is 1. The largest absolute Gasteiger partial charge is 0.494 e. The number of aliphatic hydroxyl groups excluding tert-OH is 1. The van der Waals surface area contributed by atoms with Gasteiger partial charge in [0, 0.05) is 6.92 Å². The van der Waals surface area contributed by atoms with E-state index in [2.05, 4.69) is 33.0 Å². The van der Waals surface area contributed by atoms with Crippen molar-refractivity contribution in [1.29, 1.82) is 0 Å². The number of hydrogen-bond acceptors (Lipinski definition) is 7. The first-order chi connectivity index (χ1) is 18.1. The van der Waals surface area contributed by atoms with Crippen LogP contribution in [0.5, 0.6) is 5.75 Å². The van der Waals surface area contributed by atoms with E-state index in [4.69, 9.17) is 18.9 Å². The zero-order valence-corrected chi connectivity index (χ0v) is 25.3. The van der Waals surface area contributed by atoms with Crippen molar-refractivity contribution in [2.75, 3.05) is 19.8 Å². The standard InChI is InChI=1S/C30H50N2O7/c1-10-11-15-36-23-14-12-13-22(16-23)17-24(31-21(3)33)26(34)25-18-37-27(38-19-29(4,5)6)20(2)32(25)28(35)39-30(7,8)9/h12-14,16,20,24-27,34H,10-11,15,17-19H2,1-9H3,(H,31,33). The second-order valence-corrected chi connectivity index (χ2v) is 12.6. The number of nitrogens with one attached hydrogen (secondary N) is 1. The van der Waals surface area contributed by atoms with Gasteiger partial charge < -0.3 is 29.4 Å². The molecule has 2 amide bonds. The summed E-state index contributed by atoms with van der Waals surface area (Å²) in [7, 11) is 0. The molecule has 1 aliphatic heterocycles. The number of amides is 2. The van der Waals surface area contributed by atoms with E-state index in [0.29, 0.717) is 19.6 Å². The normalized spacial score (nSPS) is 21.7. The molecule has 39 heavy (non-hydrogen) atoms. The molecule has 1 aromatic rings. The maximum absolute atomic E-state index is 13.4. The van der Waals surface area contributed by atoms with Gasteiger partial charge in [0.25, 0.3) is 0 Å². The first kappa shape index (κ1) is 32.8. The monoisotopic (exact) mass is 550 g/mol. The average Bonchev–Trinajstić information content (AvgIpc) is 2.80. The average molecular weight is 551 g/mol. The molecule has 0 aliphatic carbocycles.